The van der Waals surface area contributed by atoms with E-state index in [0.29, 0.717) is 22.6 Å². The van der Waals surface area contributed by atoms with Crippen LogP contribution in [0.3, 0.4) is 0 Å². The van der Waals surface area contributed by atoms with E-state index in [-0.39, 0.29) is 5.78 Å². The number of rotatable bonds is 4. The number of carbonyl (C=O) groups excluding carboxylic acids is 1. The Hall–Kier alpha value is -3.53. The second-order valence-electron chi connectivity index (χ2n) is 5.53. The summed E-state index contributed by atoms with van der Waals surface area (Å²) >= 11 is 0. The third kappa shape index (κ3) is 3.10. The average Bonchev–Trinajstić information content (AvgIpc) is 3.11. The molecule has 0 aliphatic heterocycles. The number of allylic oxidation sites excluding steroid dienone is 1. The molecule has 0 aliphatic rings. The number of carbonyl (C=O) groups is 1. The highest BCUT2D eigenvalue weighted by Crippen LogP contribution is 2.25. The predicted octanol–water partition coefficient (Wildman–Crippen LogP) is 4.65. The Morgan fingerprint density at radius 1 is 0.920 bits per heavy atom. The first-order valence-corrected chi connectivity index (χ1v) is 7.89. The van der Waals surface area contributed by atoms with Crippen LogP contribution in [-0.4, -0.2) is 15.8 Å². The molecule has 120 valence electrons. The molecule has 0 N–H and O–H groups in total. The van der Waals surface area contributed by atoms with Crippen molar-refractivity contribution >= 4 is 28.5 Å². The van der Waals surface area contributed by atoms with Crippen LogP contribution in [0.25, 0.3) is 22.7 Å². The first kappa shape index (κ1) is 15.0. The SMILES string of the molecule is O=C(C(=Cc1cccnc1)c1nc2ccccc2o1)c1ccccc1. The van der Waals surface area contributed by atoms with Gasteiger partial charge in [0.1, 0.15) is 5.52 Å². The maximum atomic E-state index is 13.0. The molecular formula is C21H14N2O2. The molecule has 4 rings (SSSR count). The zero-order valence-corrected chi connectivity index (χ0v) is 13.3. The molecule has 4 aromatic rings. The minimum Gasteiger partial charge on any atom is -0.436 e. The lowest BCUT2D eigenvalue weighted by Gasteiger charge is -2.03. The number of nitrogens with zero attached hydrogens (tertiary/aromatic N) is 2. The van der Waals surface area contributed by atoms with Gasteiger partial charge in [-0.05, 0) is 29.8 Å². The molecule has 0 saturated heterocycles. The number of hydrogen-bond donors (Lipinski definition) is 0. The van der Waals surface area contributed by atoms with Gasteiger partial charge in [0.25, 0.3) is 0 Å². The van der Waals surface area contributed by atoms with Crippen LogP contribution in [-0.2, 0) is 0 Å². The predicted molar refractivity (Wildman–Crippen MR) is 96.9 cm³/mol. The first-order chi connectivity index (χ1) is 12.3. The smallest absolute Gasteiger partial charge is 0.231 e. The molecule has 0 atom stereocenters. The van der Waals surface area contributed by atoms with Gasteiger partial charge in [-0.1, -0.05) is 48.5 Å². The molecule has 2 aromatic heterocycles. The Morgan fingerprint density at radius 2 is 1.72 bits per heavy atom. The maximum Gasteiger partial charge on any atom is 0.231 e. The van der Waals surface area contributed by atoms with Gasteiger partial charge in [-0.3, -0.25) is 9.78 Å². The lowest BCUT2D eigenvalue weighted by atomic mass is 10.0. The van der Waals surface area contributed by atoms with Crippen molar-refractivity contribution in [3.05, 3.63) is 96.1 Å². The van der Waals surface area contributed by atoms with E-state index >= 15 is 0 Å². The first-order valence-electron chi connectivity index (χ1n) is 7.89. The van der Waals surface area contributed by atoms with Gasteiger partial charge in [0.2, 0.25) is 5.89 Å². The Bertz CT molecular complexity index is 1020. The van der Waals surface area contributed by atoms with Crippen molar-refractivity contribution in [2.24, 2.45) is 0 Å². The highest BCUT2D eigenvalue weighted by molar-refractivity contribution is 6.31. The van der Waals surface area contributed by atoms with E-state index in [1.807, 2.05) is 54.6 Å². The fraction of sp³-hybridized carbons (Fsp3) is 0. The molecule has 4 heteroatoms. The molecule has 0 fully saturated rings. The standard InChI is InChI=1S/C21H14N2O2/c24-20(16-8-2-1-3-9-16)17(13-15-7-6-12-22-14-15)21-23-18-10-4-5-11-19(18)25-21/h1-14H. The molecule has 0 bridgehead atoms. The number of Topliss-reactive ketones (excluding diaryl/α,β-unsaturated/α-hetero) is 1. The summed E-state index contributed by atoms with van der Waals surface area (Å²) in [6.45, 7) is 0. The number of para-hydroxylation sites is 2. The van der Waals surface area contributed by atoms with Gasteiger partial charge in [-0.2, -0.15) is 0 Å². The average molecular weight is 326 g/mol. The molecule has 4 nitrogen and oxygen atoms in total. The van der Waals surface area contributed by atoms with Crippen molar-refractivity contribution < 1.29 is 9.21 Å². The summed E-state index contributed by atoms with van der Waals surface area (Å²) in [5, 5.41) is 0. The summed E-state index contributed by atoms with van der Waals surface area (Å²) in [4.78, 5) is 21.6. The zero-order chi connectivity index (χ0) is 17.1. The van der Waals surface area contributed by atoms with E-state index in [0.717, 1.165) is 11.1 Å². The third-order valence-corrected chi connectivity index (χ3v) is 3.80. The van der Waals surface area contributed by atoms with Gasteiger partial charge < -0.3 is 4.42 Å². The Morgan fingerprint density at radius 3 is 2.48 bits per heavy atom. The number of pyridine rings is 1. The summed E-state index contributed by atoms with van der Waals surface area (Å²) in [6, 6.07) is 20.3. The molecule has 2 heterocycles. The maximum absolute atomic E-state index is 13.0. The van der Waals surface area contributed by atoms with Gasteiger partial charge >= 0.3 is 0 Å². The monoisotopic (exact) mass is 326 g/mol. The van der Waals surface area contributed by atoms with Crippen molar-refractivity contribution in [3.8, 4) is 0 Å². The number of oxazole rings is 1. The van der Waals surface area contributed by atoms with Crippen LogP contribution in [0.4, 0.5) is 0 Å². The number of ketones is 1. The largest absolute Gasteiger partial charge is 0.436 e. The van der Waals surface area contributed by atoms with Crippen LogP contribution in [0, 0.1) is 0 Å². The fourth-order valence-corrected chi connectivity index (χ4v) is 2.58. The normalized spacial score (nSPS) is 11.6. The lowest BCUT2D eigenvalue weighted by molar-refractivity contribution is 0.105. The second-order valence-corrected chi connectivity index (χ2v) is 5.53. The summed E-state index contributed by atoms with van der Waals surface area (Å²) < 4.78 is 5.82. The van der Waals surface area contributed by atoms with Gasteiger partial charge in [0.05, 0.1) is 5.57 Å². The highest BCUT2D eigenvalue weighted by Gasteiger charge is 2.20. The zero-order valence-electron chi connectivity index (χ0n) is 13.3. The van der Waals surface area contributed by atoms with E-state index in [1.54, 1.807) is 30.6 Å². The van der Waals surface area contributed by atoms with Crippen molar-refractivity contribution in [2.45, 2.75) is 0 Å². The van der Waals surface area contributed by atoms with Crippen LogP contribution in [0.15, 0.2) is 83.5 Å². The van der Waals surface area contributed by atoms with E-state index in [9.17, 15) is 4.79 Å². The Labute approximate surface area is 144 Å². The molecule has 0 saturated carbocycles. The molecule has 25 heavy (non-hydrogen) atoms. The minimum absolute atomic E-state index is 0.143. The fourth-order valence-electron chi connectivity index (χ4n) is 2.58. The highest BCUT2D eigenvalue weighted by atomic mass is 16.3. The Kier molecular flexibility index (Phi) is 3.92. The molecule has 0 amide bonds. The topological polar surface area (TPSA) is 56.0 Å². The van der Waals surface area contributed by atoms with E-state index < -0.39 is 0 Å². The van der Waals surface area contributed by atoms with Crippen LogP contribution in [0.1, 0.15) is 21.8 Å². The number of hydrogen-bond acceptors (Lipinski definition) is 4. The van der Waals surface area contributed by atoms with Crippen molar-refractivity contribution in [1.82, 2.24) is 9.97 Å². The number of aromatic nitrogens is 2. The molecular weight excluding hydrogens is 312 g/mol. The third-order valence-electron chi connectivity index (χ3n) is 3.80. The van der Waals surface area contributed by atoms with E-state index in [2.05, 4.69) is 9.97 Å². The Balaban J connectivity index is 1.86. The van der Waals surface area contributed by atoms with E-state index in [1.165, 1.54) is 0 Å². The quantitative estimate of drug-likeness (QED) is 0.405. The lowest BCUT2D eigenvalue weighted by Crippen LogP contribution is -2.03. The number of benzene rings is 2. The summed E-state index contributed by atoms with van der Waals surface area (Å²) in [5.41, 5.74) is 3.16. The van der Waals surface area contributed by atoms with E-state index in [4.69, 9.17) is 4.42 Å². The van der Waals surface area contributed by atoms with Crippen molar-refractivity contribution in [2.75, 3.05) is 0 Å². The molecule has 2 aromatic carbocycles. The minimum atomic E-state index is -0.143. The summed E-state index contributed by atoms with van der Waals surface area (Å²) in [5.74, 6) is 0.162. The van der Waals surface area contributed by atoms with Crippen LogP contribution >= 0.6 is 0 Å². The number of fused-ring (bicyclic) bond motifs is 1. The van der Waals surface area contributed by atoms with Crippen LogP contribution in [0.2, 0.25) is 0 Å². The van der Waals surface area contributed by atoms with Crippen LogP contribution in [0.5, 0.6) is 0 Å². The molecule has 0 spiro atoms. The van der Waals surface area contributed by atoms with Gasteiger partial charge in [0, 0.05) is 18.0 Å². The molecule has 0 radical (unpaired) electrons. The van der Waals surface area contributed by atoms with Crippen molar-refractivity contribution in [1.29, 1.82) is 0 Å². The van der Waals surface area contributed by atoms with Gasteiger partial charge in [-0.15, -0.1) is 0 Å². The summed E-state index contributed by atoms with van der Waals surface area (Å²) in [7, 11) is 0. The van der Waals surface area contributed by atoms with Crippen molar-refractivity contribution in [3.63, 3.8) is 0 Å². The second kappa shape index (κ2) is 6.53. The van der Waals surface area contributed by atoms with Crippen LogP contribution < -0.4 is 0 Å². The van der Waals surface area contributed by atoms with Gasteiger partial charge in [-0.25, -0.2) is 4.98 Å². The summed E-state index contributed by atoms with van der Waals surface area (Å²) in [6.07, 6.45) is 5.14. The molecule has 0 unspecified atom stereocenters. The molecule has 0 aliphatic carbocycles. The van der Waals surface area contributed by atoms with Gasteiger partial charge in [0.15, 0.2) is 11.4 Å².